The maximum absolute atomic E-state index is 13.7. The van der Waals surface area contributed by atoms with E-state index in [4.69, 9.17) is 35.5 Å². The molecule has 1 heterocycles. The topological polar surface area (TPSA) is 91.6 Å². The lowest BCUT2D eigenvalue weighted by Crippen LogP contribution is -2.40. The van der Waals surface area contributed by atoms with E-state index in [1.54, 1.807) is 70.0 Å². The van der Waals surface area contributed by atoms with Crippen LogP contribution in [0.15, 0.2) is 52.8 Å². The number of hydrogen-bond donors (Lipinski definition) is 0. The zero-order valence-electron chi connectivity index (χ0n) is 24.5. The maximum Gasteiger partial charge on any atom is 0.410 e. The molecule has 0 saturated carbocycles. The van der Waals surface area contributed by atoms with Gasteiger partial charge in [-0.05, 0) is 76.1 Å². The Morgan fingerprint density at radius 2 is 1.86 bits per heavy atom. The Bertz CT molecular complexity index is 1400. The fourth-order valence-electron chi connectivity index (χ4n) is 3.91. The smallest absolute Gasteiger partial charge is 0.410 e. The number of carbonyl (C=O) groups is 2. The molecule has 0 unspecified atom stereocenters. The quantitative estimate of drug-likeness (QED) is 0.161. The summed E-state index contributed by atoms with van der Waals surface area (Å²) in [6.07, 6.45) is 0.0691. The summed E-state index contributed by atoms with van der Waals surface area (Å²) in [5.41, 5.74) is 1.61. The van der Waals surface area contributed by atoms with Crippen molar-refractivity contribution in [3.8, 4) is 17.0 Å². The van der Waals surface area contributed by atoms with Crippen molar-refractivity contribution in [3.05, 3.63) is 63.5 Å². The number of amides is 1. The second-order valence-electron chi connectivity index (χ2n) is 10.2. The van der Waals surface area contributed by atoms with Crippen molar-refractivity contribution in [2.45, 2.75) is 46.3 Å². The van der Waals surface area contributed by atoms with Gasteiger partial charge in [-0.3, -0.25) is 0 Å². The van der Waals surface area contributed by atoms with Crippen LogP contribution in [0.2, 0.25) is 5.02 Å². The van der Waals surface area contributed by atoms with Gasteiger partial charge in [0.25, 0.3) is 0 Å². The van der Waals surface area contributed by atoms with E-state index in [1.807, 2.05) is 9.95 Å². The minimum atomic E-state index is -0.678. The van der Waals surface area contributed by atoms with Crippen LogP contribution in [0.4, 0.5) is 14.9 Å². The number of nitrogens with zero attached hydrogens (tertiary/aromatic N) is 3. The molecule has 0 aliphatic carbocycles. The van der Waals surface area contributed by atoms with Gasteiger partial charge in [0.15, 0.2) is 4.80 Å². The number of carbonyl (C=O) groups excluding carboxylic acids is 2. The van der Waals surface area contributed by atoms with E-state index in [2.05, 4.69) is 0 Å². The largest absolute Gasteiger partial charge is 0.494 e. The van der Waals surface area contributed by atoms with E-state index >= 15 is 0 Å². The zero-order valence-corrected chi connectivity index (χ0v) is 26.1. The Kier molecular flexibility index (Phi) is 12.4. The molecule has 228 valence electrons. The highest BCUT2D eigenvalue weighted by atomic mass is 35.5. The summed E-state index contributed by atoms with van der Waals surface area (Å²) in [6, 6.07) is 11.5. The third-order valence-electron chi connectivity index (χ3n) is 5.79. The fourth-order valence-corrected chi connectivity index (χ4v) is 5.02. The zero-order chi connectivity index (χ0) is 30.7. The molecule has 12 heteroatoms. The lowest BCUT2D eigenvalue weighted by atomic mass is 10.1. The summed E-state index contributed by atoms with van der Waals surface area (Å²) in [5.74, 6) is -0.253. The number of hydrogen-bond acceptors (Lipinski definition) is 8. The number of methoxy groups -OCH3 is 1. The van der Waals surface area contributed by atoms with Gasteiger partial charge in [-0.1, -0.05) is 11.6 Å². The first kappa shape index (κ1) is 33.1. The van der Waals surface area contributed by atoms with E-state index < -0.39 is 17.7 Å². The Hall–Kier alpha value is -3.41. The Labute approximate surface area is 254 Å². The molecule has 1 amide bonds. The minimum Gasteiger partial charge on any atom is -0.494 e. The third kappa shape index (κ3) is 10.1. The van der Waals surface area contributed by atoms with Crippen molar-refractivity contribution in [1.82, 2.24) is 9.47 Å². The molecule has 0 saturated heterocycles. The van der Waals surface area contributed by atoms with E-state index in [0.717, 1.165) is 11.3 Å². The van der Waals surface area contributed by atoms with Crippen molar-refractivity contribution >= 4 is 40.7 Å². The highest BCUT2D eigenvalue weighted by Crippen LogP contribution is 2.30. The third-order valence-corrected chi connectivity index (χ3v) is 6.89. The Balaban J connectivity index is 1.85. The molecule has 0 fully saturated rings. The van der Waals surface area contributed by atoms with E-state index in [9.17, 15) is 14.0 Å². The maximum atomic E-state index is 13.7. The number of aromatic nitrogens is 1. The Morgan fingerprint density at radius 1 is 1.12 bits per heavy atom. The average Bonchev–Trinajstić information content (AvgIpc) is 3.32. The number of halogens is 2. The van der Waals surface area contributed by atoms with Crippen LogP contribution in [0.5, 0.6) is 5.75 Å². The van der Waals surface area contributed by atoms with Crippen molar-refractivity contribution < 1.29 is 32.9 Å². The molecule has 0 atom stereocenters. The summed E-state index contributed by atoms with van der Waals surface area (Å²) in [7, 11) is 1.55. The SMILES string of the molecule is CCOC(=O)COCCN(CCCn1c(-c2ccc(F)cc2)csc1=Nc1ccc(Cl)cc1OC)C(=O)OC(C)(C)C. The fraction of sp³-hybridized carbons (Fsp3) is 0.433. The van der Waals surface area contributed by atoms with Crippen LogP contribution >= 0.6 is 22.9 Å². The van der Waals surface area contributed by atoms with Crippen LogP contribution < -0.4 is 9.54 Å². The second kappa shape index (κ2) is 15.7. The molecule has 42 heavy (non-hydrogen) atoms. The molecular weight excluding hydrogens is 585 g/mol. The summed E-state index contributed by atoms with van der Waals surface area (Å²) >= 11 is 7.57. The van der Waals surface area contributed by atoms with Gasteiger partial charge in [-0.2, -0.15) is 0 Å². The molecule has 0 aliphatic heterocycles. The first-order valence-electron chi connectivity index (χ1n) is 13.5. The molecule has 9 nitrogen and oxygen atoms in total. The molecule has 0 aliphatic rings. The second-order valence-corrected chi connectivity index (χ2v) is 11.4. The highest BCUT2D eigenvalue weighted by molar-refractivity contribution is 7.07. The van der Waals surface area contributed by atoms with Gasteiger partial charge in [0, 0.05) is 36.1 Å². The molecule has 0 N–H and O–H groups in total. The first-order valence-corrected chi connectivity index (χ1v) is 14.8. The van der Waals surface area contributed by atoms with Gasteiger partial charge < -0.3 is 28.4 Å². The van der Waals surface area contributed by atoms with Crippen LogP contribution in [-0.2, 0) is 25.5 Å². The molecule has 0 bridgehead atoms. The van der Waals surface area contributed by atoms with Crippen molar-refractivity contribution in [2.24, 2.45) is 4.99 Å². The number of benzene rings is 2. The standard InChI is InChI=1S/C30H37ClFN3O6S/c1-6-40-27(36)19-39-17-16-34(29(37)41-30(2,3)4)14-7-15-35-25(21-8-11-23(32)12-9-21)20-42-28(35)33-24-13-10-22(31)18-26(24)38-5/h8-13,18,20H,6-7,14-17,19H2,1-5H3. The van der Waals surface area contributed by atoms with E-state index in [1.165, 1.54) is 23.5 Å². The van der Waals surface area contributed by atoms with Gasteiger partial charge >= 0.3 is 12.1 Å². The average molecular weight is 622 g/mol. The molecule has 2 aromatic carbocycles. The van der Waals surface area contributed by atoms with Crippen LogP contribution in [0.3, 0.4) is 0 Å². The summed E-state index contributed by atoms with van der Waals surface area (Å²) in [6.45, 7) is 8.42. The lowest BCUT2D eigenvalue weighted by molar-refractivity contribution is -0.148. The first-order chi connectivity index (χ1) is 20.0. The number of esters is 1. The number of rotatable bonds is 13. The Morgan fingerprint density at radius 3 is 2.52 bits per heavy atom. The monoisotopic (exact) mass is 621 g/mol. The summed E-state index contributed by atoms with van der Waals surface area (Å²) < 4.78 is 37.1. The molecule has 0 radical (unpaired) electrons. The predicted molar refractivity (Wildman–Crippen MR) is 161 cm³/mol. The van der Waals surface area contributed by atoms with Gasteiger partial charge in [0.05, 0.1) is 26.0 Å². The summed E-state index contributed by atoms with van der Waals surface area (Å²) in [4.78, 5) is 31.7. The molecular formula is C30H37ClFN3O6S. The number of thiazole rings is 1. The van der Waals surface area contributed by atoms with Gasteiger partial charge in [0.2, 0.25) is 0 Å². The van der Waals surface area contributed by atoms with Crippen LogP contribution in [0, 0.1) is 5.82 Å². The predicted octanol–water partition coefficient (Wildman–Crippen LogP) is 6.46. The van der Waals surface area contributed by atoms with E-state index in [0.29, 0.717) is 40.8 Å². The van der Waals surface area contributed by atoms with Crippen molar-refractivity contribution in [3.63, 3.8) is 0 Å². The van der Waals surface area contributed by atoms with Crippen LogP contribution in [0.1, 0.15) is 34.1 Å². The van der Waals surface area contributed by atoms with Gasteiger partial charge in [-0.15, -0.1) is 11.3 Å². The molecule has 0 spiro atoms. The van der Waals surface area contributed by atoms with Crippen LogP contribution in [0.25, 0.3) is 11.3 Å². The van der Waals surface area contributed by atoms with Gasteiger partial charge in [0.1, 0.15) is 29.5 Å². The van der Waals surface area contributed by atoms with Gasteiger partial charge in [-0.25, -0.2) is 19.0 Å². The molecule has 3 rings (SSSR count). The summed E-state index contributed by atoms with van der Waals surface area (Å²) in [5, 5.41) is 2.49. The van der Waals surface area contributed by atoms with Crippen LogP contribution in [-0.4, -0.2) is 67.2 Å². The van der Waals surface area contributed by atoms with Crippen molar-refractivity contribution in [2.75, 3.05) is 40.0 Å². The van der Waals surface area contributed by atoms with E-state index in [-0.39, 0.29) is 32.2 Å². The normalized spacial score (nSPS) is 11.8. The lowest BCUT2D eigenvalue weighted by Gasteiger charge is -2.27. The highest BCUT2D eigenvalue weighted by Gasteiger charge is 2.22. The molecule has 3 aromatic rings. The minimum absolute atomic E-state index is 0.140. The van der Waals surface area contributed by atoms with Crippen molar-refractivity contribution in [1.29, 1.82) is 0 Å². The molecule has 1 aromatic heterocycles. The number of ether oxygens (including phenoxy) is 4.